The van der Waals surface area contributed by atoms with Crippen LogP contribution in [0.25, 0.3) is 6.08 Å². The summed E-state index contributed by atoms with van der Waals surface area (Å²) in [6.07, 6.45) is 5.60. The van der Waals surface area contributed by atoms with Gasteiger partial charge in [0.15, 0.2) is 0 Å². The second-order valence-corrected chi connectivity index (χ2v) is 10.9. The molecule has 4 aromatic carbocycles. The van der Waals surface area contributed by atoms with Crippen LogP contribution in [0.4, 0.5) is 0 Å². The van der Waals surface area contributed by atoms with Gasteiger partial charge in [-0.2, -0.15) is 8.42 Å². The number of benzene rings is 4. The molecule has 0 saturated carbocycles. The molecular formula is C28H27O4PS. The predicted molar refractivity (Wildman–Crippen MR) is 142 cm³/mol. The normalized spacial score (nSPS) is 11.1. The van der Waals surface area contributed by atoms with Crippen molar-refractivity contribution in [1.29, 1.82) is 0 Å². The molecule has 0 amide bonds. The summed E-state index contributed by atoms with van der Waals surface area (Å²) in [7, 11) is -2.94. The molecule has 0 aliphatic carbocycles. The SMILES string of the molecule is C(=Cc1ccccc1)CP(c1ccccc1)c1ccccc1.COc1ccc(S(=O)(=O)O)cc1. The van der Waals surface area contributed by atoms with Gasteiger partial charge < -0.3 is 4.74 Å². The van der Waals surface area contributed by atoms with E-state index in [9.17, 15) is 8.42 Å². The van der Waals surface area contributed by atoms with E-state index in [1.165, 1.54) is 47.5 Å². The van der Waals surface area contributed by atoms with Crippen LogP contribution in [0.15, 0.2) is 126 Å². The van der Waals surface area contributed by atoms with E-state index in [-0.39, 0.29) is 12.8 Å². The monoisotopic (exact) mass is 490 g/mol. The number of ether oxygens (including phenoxy) is 1. The fourth-order valence-electron chi connectivity index (χ4n) is 3.18. The summed E-state index contributed by atoms with van der Waals surface area (Å²) in [5.74, 6) is 0.544. The average molecular weight is 491 g/mol. The molecular weight excluding hydrogens is 463 g/mol. The van der Waals surface area contributed by atoms with Crippen molar-refractivity contribution in [3.8, 4) is 5.75 Å². The van der Waals surface area contributed by atoms with Gasteiger partial charge in [0.05, 0.1) is 12.0 Å². The summed E-state index contributed by atoms with van der Waals surface area (Å²) in [5.41, 5.74) is 1.26. The molecule has 0 aliphatic heterocycles. The van der Waals surface area contributed by atoms with Gasteiger partial charge in [0.1, 0.15) is 5.75 Å². The van der Waals surface area contributed by atoms with Crippen molar-refractivity contribution in [2.24, 2.45) is 0 Å². The average Bonchev–Trinajstić information content (AvgIpc) is 2.88. The third-order valence-electron chi connectivity index (χ3n) is 4.89. The number of methoxy groups -OCH3 is 1. The van der Waals surface area contributed by atoms with Crippen LogP contribution in [0.1, 0.15) is 5.56 Å². The third kappa shape index (κ3) is 7.96. The van der Waals surface area contributed by atoms with Crippen molar-refractivity contribution >= 4 is 34.7 Å². The number of hydrogen-bond acceptors (Lipinski definition) is 3. The molecule has 0 atom stereocenters. The Labute approximate surface area is 203 Å². The van der Waals surface area contributed by atoms with Crippen LogP contribution >= 0.6 is 7.92 Å². The lowest BCUT2D eigenvalue weighted by Crippen LogP contribution is -2.12. The van der Waals surface area contributed by atoms with E-state index in [1.54, 1.807) is 0 Å². The Kier molecular flexibility index (Phi) is 9.60. The van der Waals surface area contributed by atoms with Crippen molar-refractivity contribution < 1.29 is 17.7 Å². The molecule has 4 aromatic rings. The first-order valence-electron chi connectivity index (χ1n) is 10.7. The highest BCUT2D eigenvalue weighted by molar-refractivity contribution is 7.85. The lowest BCUT2D eigenvalue weighted by Gasteiger charge is -2.16. The molecule has 0 fully saturated rings. The van der Waals surface area contributed by atoms with Gasteiger partial charge in [-0.15, -0.1) is 0 Å². The minimum absolute atomic E-state index is 0.136. The molecule has 0 spiro atoms. The van der Waals surface area contributed by atoms with Crippen LogP contribution < -0.4 is 15.3 Å². The second kappa shape index (κ2) is 12.9. The Morgan fingerprint density at radius 2 is 1.21 bits per heavy atom. The lowest BCUT2D eigenvalue weighted by atomic mass is 10.2. The minimum Gasteiger partial charge on any atom is -0.497 e. The van der Waals surface area contributed by atoms with Gasteiger partial charge in [0.25, 0.3) is 10.1 Å². The van der Waals surface area contributed by atoms with Crippen LogP contribution in [0.3, 0.4) is 0 Å². The highest BCUT2D eigenvalue weighted by Gasteiger charge is 2.11. The molecule has 1 N–H and O–H groups in total. The summed E-state index contributed by atoms with van der Waals surface area (Å²) in [6, 6.07) is 37.7. The molecule has 0 bridgehead atoms. The van der Waals surface area contributed by atoms with Crippen LogP contribution in [0.2, 0.25) is 0 Å². The van der Waals surface area contributed by atoms with Crippen molar-refractivity contribution in [2.75, 3.05) is 13.3 Å². The molecule has 34 heavy (non-hydrogen) atoms. The van der Waals surface area contributed by atoms with E-state index in [0.29, 0.717) is 5.75 Å². The summed E-state index contributed by atoms with van der Waals surface area (Å²) >= 11 is 0. The van der Waals surface area contributed by atoms with Crippen LogP contribution in [0, 0.1) is 0 Å². The Morgan fingerprint density at radius 3 is 1.65 bits per heavy atom. The smallest absolute Gasteiger partial charge is 0.294 e. The number of rotatable bonds is 7. The number of allylic oxidation sites excluding steroid dienone is 1. The maximum atomic E-state index is 10.5. The van der Waals surface area contributed by atoms with Crippen LogP contribution in [-0.2, 0) is 10.1 Å². The second-order valence-electron chi connectivity index (χ2n) is 7.25. The Balaban J connectivity index is 0.000000229. The fraction of sp³-hybridized carbons (Fsp3) is 0.0714. The first-order chi connectivity index (χ1) is 16.5. The van der Waals surface area contributed by atoms with Crippen molar-refractivity contribution in [3.63, 3.8) is 0 Å². The first-order valence-corrected chi connectivity index (χ1v) is 13.6. The minimum atomic E-state index is -4.08. The van der Waals surface area contributed by atoms with Gasteiger partial charge in [0, 0.05) is 0 Å². The summed E-state index contributed by atoms with van der Waals surface area (Å²) in [4.78, 5) is -0.136. The van der Waals surface area contributed by atoms with Gasteiger partial charge in [-0.25, -0.2) is 0 Å². The first kappa shape index (κ1) is 25.4. The zero-order chi connectivity index (χ0) is 24.2. The van der Waals surface area contributed by atoms with E-state index >= 15 is 0 Å². The Hall–Kier alpha value is -3.24. The van der Waals surface area contributed by atoms with Gasteiger partial charge in [-0.3, -0.25) is 4.55 Å². The predicted octanol–water partition coefficient (Wildman–Crippen LogP) is 5.77. The third-order valence-corrected chi connectivity index (χ3v) is 8.18. The van der Waals surface area contributed by atoms with Gasteiger partial charge >= 0.3 is 0 Å². The Bertz CT molecular complexity index is 1220. The summed E-state index contributed by atoms with van der Waals surface area (Å²) < 4.78 is 34.5. The topological polar surface area (TPSA) is 63.6 Å². The van der Waals surface area contributed by atoms with Gasteiger partial charge in [-0.05, 0) is 54.5 Å². The van der Waals surface area contributed by atoms with Gasteiger partial charge in [0.2, 0.25) is 0 Å². The highest BCUT2D eigenvalue weighted by atomic mass is 32.2. The molecule has 174 valence electrons. The molecule has 6 heteroatoms. The zero-order valence-electron chi connectivity index (χ0n) is 18.9. The molecule has 0 saturated heterocycles. The van der Waals surface area contributed by atoms with Crippen molar-refractivity contribution in [1.82, 2.24) is 0 Å². The standard InChI is InChI=1S/C21H19P.C7H8O4S/c1-4-11-19(12-5-1)13-10-18-22(20-14-6-2-7-15-20)21-16-8-3-9-17-21;1-11-6-2-4-7(5-3-6)12(8,9)10/h1-17H,18H2;2-5H,1H3,(H,8,9,10). The molecule has 0 radical (unpaired) electrons. The van der Waals surface area contributed by atoms with E-state index in [4.69, 9.17) is 9.29 Å². The molecule has 4 nitrogen and oxygen atoms in total. The summed E-state index contributed by atoms with van der Waals surface area (Å²) in [5, 5.41) is 2.86. The largest absolute Gasteiger partial charge is 0.497 e. The molecule has 0 aromatic heterocycles. The molecule has 4 rings (SSSR count). The molecule has 0 unspecified atom stereocenters. The van der Waals surface area contributed by atoms with Gasteiger partial charge in [-0.1, -0.05) is 103 Å². The lowest BCUT2D eigenvalue weighted by molar-refractivity contribution is 0.414. The number of hydrogen-bond donors (Lipinski definition) is 1. The quantitative estimate of drug-likeness (QED) is 0.264. The zero-order valence-corrected chi connectivity index (χ0v) is 20.6. The van der Waals surface area contributed by atoms with E-state index in [0.717, 1.165) is 6.16 Å². The van der Waals surface area contributed by atoms with E-state index < -0.39 is 10.1 Å². The van der Waals surface area contributed by atoms with E-state index in [2.05, 4.69) is 103 Å². The van der Waals surface area contributed by atoms with Crippen molar-refractivity contribution in [2.45, 2.75) is 4.90 Å². The van der Waals surface area contributed by atoms with E-state index in [1.807, 2.05) is 0 Å². The Morgan fingerprint density at radius 1 is 0.735 bits per heavy atom. The van der Waals surface area contributed by atoms with Crippen LogP contribution in [0.5, 0.6) is 5.75 Å². The fourth-order valence-corrected chi connectivity index (χ4v) is 5.76. The molecule has 0 aliphatic rings. The maximum absolute atomic E-state index is 10.5. The maximum Gasteiger partial charge on any atom is 0.294 e. The van der Waals surface area contributed by atoms with Crippen molar-refractivity contribution in [3.05, 3.63) is 127 Å². The summed E-state index contributed by atoms with van der Waals surface area (Å²) in [6.45, 7) is 0. The molecule has 0 heterocycles. The highest BCUT2D eigenvalue weighted by Crippen LogP contribution is 2.33. The van der Waals surface area contributed by atoms with Crippen LogP contribution in [-0.4, -0.2) is 26.2 Å².